The Balaban J connectivity index is 2.26. The molecule has 3 nitrogen and oxygen atoms in total. The molecule has 1 amide bonds. The third-order valence-electron chi connectivity index (χ3n) is 2.84. The van der Waals surface area contributed by atoms with E-state index in [1.54, 1.807) is 5.32 Å². The highest BCUT2D eigenvalue weighted by Crippen LogP contribution is 2.39. The minimum Gasteiger partial charge on any atom is -0.311 e. The van der Waals surface area contributed by atoms with Gasteiger partial charge in [-0.05, 0) is 24.8 Å². The highest BCUT2D eigenvalue weighted by molar-refractivity contribution is 7.16. The number of alkyl halides is 4. The van der Waals surface area contributed by atoms with Gasteiger partial charge < -0.3 is 5.32 Å². The van der Waals surface area contributed by atoms with Crippen LogP contribution in [0.1, 0.15) is 22.4 Å². The summed E-state index contributed by atoms with van der Waals surface area (Å²) in [5.74, 6) is -6.85. The number of nitrogens with one attached hydrogen (secondary N) is 1. The summed E-state index contributed by atoms with van der Waals surface area (Å²) in [7, 11) is 0. The third-order valence-corrected chi connectivity index (χ3v) is 4.04. The van der Waals surface area contributed by atoms with Gasteiger partial charge in [-0.15, -0.1) is 11.3 Å². The van der Waals surface area contributed by atoms with Crippen molar-refractivity contribution in [1.82, 2.24) is 0 Å². The van der Waals surface area contributed by atoms with Crippen LogP contribution in [0.3, 0.4) is 0 Å². The van der Waals surface area contributed by atoms with Gasteiger partial charge in [-0.2, -0.15) is 14.0 Å². The second-order valence-corrected chi connectivity index (χ2v) is 5.16. The lowest BCUT2D eigenvalue weighted by Crippen LogP contribution is -2.40. The van der Waals surface area contributed by atoms with Gasteiger partial charge >= 0.3 is 18.3 Å². The van der Waals surface area contributed by atoms with Gasteiger partial charge in [0, 0.05) is 4.88 Å². The molecule has 0 saturated carbocycles. The fourth-order valence-electron chi connectivity index (χ4n) is 1.90. The number of thiophene rings is 1. The average Bonchev–Trinajstić information content (AvgIpc) is 2.88. The van der Waals surface area contributed by atoms with Crippen molar-refractivity contribution in [1.29, 1.82) is 5.26 Å². The number of carbonyl (C=O) groups excluding carboxylic acids is 1. The summed E-state index contributed by atoms with van der Waals surface area (Å²) in [6.07, 6.45) is -1.88. The van der Waals surface area contributed by atoms with Crippen LogP contribution in [0.5, 0.6) is 0 Å². The Labute approximate surface area is 109 Å². The molecular formula is C11H8F4N2OS. The van der Waals surface area contributed by atoms with Crippen LogP contribution in [-0.4, -0.2) is 18.3 Å². The molecule has 0 spiro atoms. The van der Waals surface area contributed by atoms with Crippen molar-refractivity contribution in [3.05, 3.63) is 16.0 Å². The number of anilines is 1. The number of rotatable bonds is 3. The van der Waals surface area contributed by atoms with E-state index in [4.69, 9.17) is 5.26 Å². The molecule has 19 heavy (non-hydrogen) atoms. The summed E-state index contributed by atoms with van der Waals surface area (Å²) >= 11 is 0.997. The molecule has 0 aromatic carbocycles. The topological polar surface area (TPSA) is 52.9 Å². The molecular weight excluding hydrogens is 284 g/mol. The first-order chi connectivity index (χ1) is 8.87. The highest BCUT2D eigenvalue weighted by atomic mass is 32.1. The van der Waals surface area contributed by atoms with Gasteiger partial charge in [-0.25, -0.2) is 8.78 Å². The molecule has 0 atom stereocenters. The van der Waals surface area contributed by atoms with Crippen molar-refractivity contribution < 1.29 is 22.4 Å². The molecule has 1 aromatic heterocycles. The van der Waals surface area contributed by atoms with E-state index in [0.29, 0.717) is 12.8 Å². The highest BCUT2D eigenvalue weighted by Gasteiger charge is 2.49. The molecule has 0 aliphatic heterocycles. The Hall–Kier alpha value is -1.62. The monoisotopic (exact) mass is 292 g/mol. The zero-order valence-electron chi connectivity index (χ0n) is 9.47. The van der Waals surface area contributed by atoms with Crippen LogP contribution in [0.15, 0.2) is 0 Å². The Bertz CT molecular complexity index is 562. The van der Waals surface area contributed by atoms with E-state index in [2.05, 4.69) is 0 Å². The SMILES string of the molecule is N#Cc1c(NC(=O)C(F)(F)C(F)F)sc2c1CCC2. The van der Waals surface area contributed by atoms with Crippen LogP contribution < -0.4 is 5.32 Å². The second kappa shape index (κ2) is 4.81. The van der Waals surface area contributed by atoms with E-state index in [0.717, 1.165) is 28.2 Å². The van der Waals surface area contributed by atoms with E-state index in [-0.39, 0.29) is 10.6 Å². The predicted molar refractivity (Wildman–Crippen MR) is 60.6 cm³/mol. The fourth-order valence-corrected chi connectivity index (χ4v) is 3.13. The maximum Gasteiger partial charge on any atom is 0.383 e. The van der Waals surface area contributed by atoms with Gasteiger partial charge in [0.15, 0.2) is 0 Å². The molecule has 1 heterocycles. The number of nitrogens with zero attached hydrogens (tertiary/aromatic N) is 1. The summed E-state index contributed by atoms with van der Waals surface area (Å²) in [6.45, 7) is 0. The van der Waals surface area contributed by atoms with E-state index in [1.807, 2.05) is 6.07 Å². The lowest BCUT2D eigenvalue weighted by Gasteiger charge is -2.14. The summed E-state index contributed by atoms with van der Waals surface area (Å²) < 4.78 is 49.7. The van der Waals surface area contributed by atoms with E-state index >= 15 is 0 Å². The minimum atomic E-state index is -4.76. The number of halogens is 4. The average molecular weight is 292 g/mol. The molecule has 0 bridgehead atoms. The molecule has 0 radical (unpaired) electrons. The minimum absolute atomic E-state index is 0.0717. The number of nitriles is 1. The van der Waals surface area contributed by atoms with E-state index in [9.17, 15) is 22.4 Å². The third kappa shape index (κ3) is 2.30. The molecule has 0 saturated heterocycles. The normalized spacial score (nSPS) is 14.3. The molecule has 1 N–H and O–H groups in total. The van der Waals surface area contributed by atoms with Crippen LogP contribution >= 0.6 is 11.3 Å². The molecule has 1 aliphatic rings. The second-order valence-electron chi connectivity index (χ2n) is 4.05. The Morgan fingerprint density at radius 2 is 2.11 bits per heavy atom. The number of aryl methyl sites for hydroxylation is 1. The van der Waals surface area contributed by atoms with Gasteiger partial charge in [0.2, 0.25) is 0 Å². The Morgan fingerprint density at radius 1 is 1.42 bits per heavy atom. The molecule has 102 valence electrons. The number of fused-ring (bicyclic) bond motifs is 1. The van der Waals surface area contributed by atoms with E-state index in [1.165, 1.54) is 0 Å². The lowest BCUT2D eigenvalue weighted by atomic mass is 10.1. The van der Waals surface area contributed by atoms with Gasteiger partial charge in [-0.1, -0.05) is 0 Å². The van der Waals surface area contributed by atoms with Crippen molar-refractivity contribution in [3.63, 3.8) is 0 Å². The van der Waals surface area contributed by atoms with Crippen molar-refractivity contribution >= 4 is 22.2 Å². The first-order valence-corrected chi connectivity index (χ1v) is 6.21. The maximum atomic E-state index is 12.8. The van der Waals surface area contributed by atoms with Gasteiger partial charge in [0.1, 0.15) is 11.1 Å². The van der Waals surface area contributed by atoms with Crippen LogP contribution in [0.2, 0.25) is 0 Å². The summed E-state index contributed by atoms with van der Waals surface area (Å²) in [5, 5.41) is 10.6. The molecule has 1 aromatic rings. The van der Waals surface area contributed by atoms with Crippen molar-refractivity contribution in [2.45, 2.75) is 31.6 Å². The van der Waals surface area contributed by atoms with Crippen molar-refractivity contribution in [2.75, 3.05) is 5.32 Å². The fraction of sp³-hybridized carbons (Fsp3) is 0.455. The van der Waals surface area contributed by atoms with Crippen LogP contribution in [0.25, 0.3) is 0 Å². The first-order valence-electron chi connectivity index (χ1n) is 5.40. The van der Waals surface area contributed by atoms with Gasteiger partial charge in [0.05, 0.1) is 5.56 Å². The standard InChI is InChI=1S/C11H8F4N2OS/c12-9(13)11(14,15)10(18)17-8-6(4-16)5-2-1-3-7(5)19-8/h9H,1-3H2,(H,17,18). The molecule has 0 fully saturated rings. The Morgan fingerprint density at radius 3 is 2.68 bits per heavy atom. The predicted octanol–water partition coefficient (Wildman–Crippen LogP) is 2.95. The van der Waals surface area contributed by atoms with Crippen molar-refractivity contribution in [3.8, 4) is 6.07 Å². The largest absolute Gasteiger partial charge is 0.383 e. The van der Waals surface area contributed by atoms with E-state index < -0.39 is 18.3 Å². The Kier molecular flexibility index (Phi) is 3.49. The number of amides is 1. The molecule has 2 rings (SSSR count). The van der Waals surface area contributed by atoms with Crippen LogP contribution in [-0.2, 0) is 17.6 Å². The van der Waals surface area contributed by atoms with Gasteiger partial charge in [0.25, 0.3) is 0 Å². The molecule has 8 heteroatoms. The zero-order chi connectivity index (χ0) is 14.2. The summed E-state index contributed by atoms with van der Waals surface area (Å²) in [5.41, 5.74) is 0.832. The first kappa shape index (κ1) is 13.8. The quantitative estimate of drug-likeness (QED) is 0.871. The number of carbonyl (C=O) groups is 1. The molecule has 1 aliphatic carbocycles. The smallest absolute Gasteiger partial charge is 0.311 e. The molecule has 0 unspecified atom stereocenters. The van der Waals surface area contributed by atoms with Crippen molar-refractivity contribution in [2.24, 2.45) is 0 Å². The van der Waals surface area contributed by atoms with Crippen LogP contribution in [0.4, 0.5) is 22.6 Å². The zero-order valence-corrected chi connectivity index (χ0v) is 10.3. The number of hydrogen-bond donors (Lipinski definition) is 1. The summed E-state index contributed by atoms with van der Waals surface area (Å²) in [6, 6.07) is 1.83. The van der Waals surface area contributed by atoms with Gasteiger partial charge in [-0.3, -0.25) is 4.79 Å². The lowest BCUT2D eigenvalue weighted by molar-refractivity contribution is -0.163. The maximum absolute atomic E-state index is 12.8. The summed E-state index contributed by atoms with van der Waals surface area (Å²) in [4.78, 5) is 12.0. The number of hydrogen-bond acceptors (Lipinski definition) is 3. The van der Waals surface area contributed by atoms with Crippen LogP contribution in [0, 0.1) is 11.3 Å².